The number of aliphatic imine (C=N–C) groups is 1. The van der Waals surface area contributed by atoms with Crippen LogP contribution in [0.3, 0.4) is 0 Å². The summed E-state index contributed by atoms with van der Waals surface area (Å²) >= 11 is 1.76. The van der Waals surface area contributed by atoms with Gasteiger partial charge in [0.05, 0.1) is 10.6 Å². The highest BCUT2D eigenvalue weighted by molar-refractivity contribution is 8.18. The topological polar surface area (TPSA) is 17.3 Å². The van der Waals surface area contributed by atoms with Crippen molar-refractivity contribution in [2.45, 2.75) is 51.0 Å². The van der Waals surface area contributed by atoms with E-state index < -0.39 is 0 Å². The third kappa shape index (κ3) is 2.68. The third-order valence-electron chi connectivity index (χ3n) is 4.40. The van der Waals surface area contributed by atoms with Gasteiger partial charge in [-0.05, 0) is 31.9 Å². The summed E-state index contributed by atoms with van der Waals surface area (Å²) in [6.07, 6.45) is 13.8. The van der Waals surface area contributed by atoms with E-state index in [4.69, 9.17) is 4.99 Å². The normalized spacial score (nSPS) is 22.0. The fraction of sp³-hybridized carbons (Fsp3) is 0.444. The minimum Gasteiger partial charge on any atom is -0.322 e. The van der Waals surface area contributed by atoms with Crippen LogP contribution < -0.4 is 0 Å². The van der Waals surface area contributed by atoms with Crippen molar-refractivity contribution in [2.75, 3.05) is 0 Å². The predicted molar refractivity (Wildman–Crippen MR) is 92.5 cm³/mol. The highest BCUT2D eigenvalue weighted by atomic mass is 32.2. The molecule has 2 heterocycles. The lowest BCUT2D eigenvalue weighted by atomic mass is 9.90. The zero-order valence-corrected chi connectivity index (χ0v) is 13.5. The summed E-state index contributed by atoms with van der Waals surface area (Å²) in [5, 5.41) is 1.11. The van der Waals surface area contributed by atoms with Crippen molar-refractivity contribution >= 4 is 22.5 Å². The average Bonchev–Trinajstić information content (AvgIpc) is 3.06. The van der Waals surface area contributed by atoms with Crippen LogP contribution in [0.4, 0.5) is 0 Å². The summed E-state index contributed by atoms with van der Waals surface area (Å²) in [6.45, 7) is 6.00. The van der Waals surface area contributed by atoms with Crippen molar-refractivity contribution in [1.82, 2.24) is 4.57 Å². The van der Waals surface area contributed by atoms with Gasteiger partial charge >= 0.3 is 0 Å². The van der Waals surface area contributed by atoms with Crippen LogP contribution >= 0.6 is 11.8 Å². The van der Waals surface area contributed by atoms with Gasteiger partial charge in [-0.3, -0.25) is 4.99 Å². The standard InChI is InChI=1S/C18H22N2S/c1-3-15(20-13-9-10-14-20)17-19-18(16(4-2)21-17)11-7-5-6-8-12-18/h3,9-10,13-14H,2,5-8,11-12H2,1H3/b15-3-. The molecule has 0 N–H and O–H groups in total. The molecule has 0 amide bonds. The molecule has 1 spiro atoms. The van der Waals surface area contributed by atoms with Crippen LogP contribution in [0.1, 0.15) is 45.4 Å². The van der Waals surface area contributed by atoms with E-state index in [-0.39, 0.29) is 5.54 Å². The van der Waals surface area contributed by atoms with E-state index in [0.717, 1.165) is 17.9 Å². The molecule has 1 saturated carbocycles. The Balaban J connectivity index is 1.99. The predicted octanol–water partition coefficient (Wildman–Crippen LogP) is 5.26. The maximum Gasteiger partial charge on any atom is 0.120 e. The molecule has 0 saturated heterocycles. The maximum absolute atomic E-state index is 5.17. The van der Waals surface area contributed by atoms with Gasteiger partial charge < -0.3 is 4.57 Å². The second-order valence-electron chi connectivity index (χ2n) is 5.73. The summed E-state index contributed by atoms with van der Waals surface area (Å²) in [7, 11) is 0. The van der Waals surface area contributed by atoms with Crippen molar-refractivity contribution in [2.24, 2.45) is 4.99 Å². The first-order valence-corrected chi connectivity index (χ1v) is 8.59. The molecule has 0 atom stereocenters. The Morgan fingerprint density at radius 2 is 1.95 bits per heavy atom. The molecule has 1 aromatic rings. The average molecular weight is 298 g/mol. The number of thioether (sulfide) groups is 1. The van der Waals surface area contributed by atoms with Crippen molar-refractivity contribution in [3.8, 4) is 0 Å². The minimum absolute atomic E-state index is 0.0420. The molecule has 1 aliphatic heterocycles. The van der Waals surface area contributed by atoms with E-state index in [2.05, 4.69) is 54.4 Å². The highest BCUT2D eigenvalue weighted by Gasteiger charge is 2.41. The number of nitrogens with zero attached hydrogens (tertiary/aromatic N) is 2. The van der Waals surface area contributed by atoms with E-state index >= 15 is 0 Å². The molecule has 110 valence electrons. The first-order chi connectivity index (χ1) is 10.3. The quantitative estimate of drug-likeness (QED) is 0.681. The van der Waals surface area contributed by atoms with Gasteiger partial charge in [-0.25, -0.2) is 0 Å². The molecule has 0 radical (unpaired) electrons. The zero-order chi connectivity index (χ0) is 14.7. The molecule has 3 heteroatoms. The van der Waals surface area contributed by atoms with Gasteiger partial charge in [0.25, 0.3) is 0 Å². The minimum atomic E-state index is -0.0420. The number of rotatable bonds is 2. The zero-order valence-electron chi connectivity index (χ0n) is 12.6. The summed E-state index contributed by atoms with van der Waals surface area (Å²) < 4.78 is 2.14. The molecule has 1 fully saturated rings. The van der Waals surface area contributed by atoms with E-state index in [1.807, 2.05) is 0 Å². The molecule has 0 aromatic carbocycles. The first-order valence-electron chi connectivity index (χ1n) is 7.77. The van der Waals surface area contributed by atoms with E-state index in [1.165, 1.54) is 36.3 Å². The van der Waals surface area contributed by atoms with Gasteiger partial charge in [0.1, 0.15) is 10.6 Å². The molecular formula is C18H22N2S. The van der Waals surface area contributed by atoms with E-state index in [0.29, 0.717) is 0 Å². The summed E-state index contributed by atoms with van der Waals surface area (Å²) in [6, 6.07) is 4.10. The Hall–Kier alpha value is -1.44. The molecule has 0 bridgehead atoms. The number of hydrogen-bond donors (Lipinski definition) is 0. The fourth-order valence-corrected chi connectivity index (χ4v) is 4.55. The van der Waals surface area contributed by atoms with Gasteiger partial charge in [-0.15, -0.1) is 5.73 Å². The second-order valence-corrected chi connectivity index (χ2v) is 6.73. The number of hydrogen-bond acceptors (Lipinski definition) is 2. The lowest BCUT2D eigenvalue weighted by Gasteiger charge is -2.24. The van der Waals surface area contributed by atoms with E-state index in [9.17, 15) is 0 Å². The molecule has 21 heavy (non-hydrogen) atoms. The first kappa shape index (κ1) is 14.5. The van der Waals surface area contributed by atoms with Crippen LogP contribution in [0.5, 0.6) is 0 Å². The lowest BCUT2D eigenvalue weighted by molar-refractivity contribution is 0.462. The number of allylic oxidation sites excluding steroid dienone is 1. The van der Waals surface area contributed by atoms with Gasteiger partial charge in [0.2, 0.25) is 0 Å². The third-order valence-corrected chi connectivity index (χ3v) is 5.63. The van der Waals surface area contributed by atoms with Crippen molar-refractivity contribution in [3.63, 3.8) is 0 Å². The van der Waals surface area contributed by atoms with Gasteiger partial charge in [0, 0.05) is 12.4 Å². The van der Waals surface area contributed by atoms with Crippen LogP contribution in [0.25, 0.3) is 5.70 Å². The smallest absolute Gasteiger partial charge is 0.120 e. The highest BCUT2D eigenvalue weighted by Crippen LogP contribution is 2.48. The molecular weight excluding hydrogens is 276 g/mol. The van der Waals surface area contributed by atoms with E-state index in [1.54, 1.807) is 11.8 Å². The Labute approximate surface area is 131 Å². The molecule has 2 nitrogen and oxygen atoms in total. The molecule has 1 aliphatic carbocycles. The van der Waals surface area contributed by atoms with Crippen LogP contribution in [0.2, 0.25) is 0 Å². The molecule has 1 aromatic heterocycles. The van der Waals surface area contributed by atoms with Gasteiger partial charge in [-0.1, -0.05) is 50.1 Å². The SMILES string of the molecule is C=C=C1SC(/C(=C/C)n2cccc2)=NC12CCCCCC2. The largest absolute Gasteiger partial charge is 0.322 e. The maximum atomic E-state index is 5.17. The van der Waals surface area contributed by atoms with Crippen LogP contribution in [-0.2, 0) is 0 Å². The number of aromatic nitrogens is 1. The van der Waals surface area contributed by atoms with Crippen molar-refractivity contribution in [1.29, 1.82) is 0 Å². The van der Waals surface area contributed by atoms with Crippen LogP contribution in [0, 0.1) is 0 Å². The summed E-state index contributed by atoms with van der Waals surface area (Å²) in [5.74, 6) is 0. The Bertz CT molecular complexity index is 608. The summed E-state index contributed by atoms with van der Waals surface area (Å²) in [4.78, 5) is 6.40. The Morgan fingerprint density at radius 3 is 2.52 bits per heavy atom. The molecule has 2 aliphatic rings. The van der Waals surface area contributed by atoms with Crippen molar-refractivity contribution < 1.29 is 0 Å². The lowest BCUT2D eigenvalue weighted by Crippen LogP contribution is -2.24. The monoisotopic (exact) mass is 298 g/mol. The molecule has 0 unspecified atom stereocenters. The van der Waals surface area contributed by atoms with Crippen molar-refractivity contribution in [3.05, 3.63) is 47.8 Å². The van der Waals surface area contributed by atoms with Gasteiger partial charge in [-0.2, -0.15) is 0 Å². The van der Waals surface area contributed by atoms with Crippen LogP contribution in [-0.4, -0.2) is 15.1 Å². The Kier molecular flexibility index (Phi) is 4.23. The fourth-order valence-electron chi connectivity index (χ4n) is 3.30. The Morgan fingerprint density at radius 1 is 1.29 bits per heavy atom. The summed E-state index contributed by atoms with van der Waals surface area (Å²) in [5.41, 5.74) is 4.31. The second kappa shape index (κ2) is 6.13. The molecule has 3 rings (SSSR count). The van der Waals surface area contributed by atoms with Gasteiger partial charge in [0.15, 0.2) is 0 Å². The van der Waals surface area contributed by atoms with Crippen LogP contribution in [0.15, 0.2) is 52.8 Å².